The van der Waals surface area contributed by atoms with Gasteiger partial charge in [-0.3, -0.25) is 0 Å². The van der Waals surface area contributed by atoms with Gasteiger partial charge in [0.25, 0.3) is 0 Å². The molecule has 1 heterocycles. The summed E-state index contributed by atoms with van der Waals surface area (Å²) in [5, 5.41) is 11.0. The molecule has 1 atom stereocenters. The first-order chi connectivity index (χ1) is 9.63. The van der Waals surface area contributed by atoms with Crippen molar-refractivity contribution in [2.75, 3.05) is 6.61 Å². The van der Waals surface area contributed by atoms with Gasteiger partial charge in [-0.25, -0.2) is 0 Å². The SMILES string of the molecule is OC(Cc1cc(Br)cc2c1OCC2)c1cccc(Cl)c1. The van der Waals surface area contributed by atoms with Crippen molar-refractivity contribution in [2.45, 2.75) is 18.9 Å². The van der Waals surface area contributed by atoms with Crippen LogP contribution in [-0.2, 0) is 12.8 Å². The lowest BCUT2D eigenvalue weighted by molar-refractivity contribution is 0.177. The van der Waals surface area contributed by atoms with Gasteiger partial charge in [-0.05, 0) is 41.0 Å². The Balaban J connectivity index is 1.88. The van der Waals surface area contributed by atoms with E-state index in [9.17, 15) is 5.11 Å². The number of rotatable bonds is 3. The number of ether oxygens (including phenoxy) is 1. The second kappa shape index (κ2) is 5.76. The molecule has 104 valence electrons. The highest BCUT2D eigenvalue weighted by Crippen LogP contribution is 2.35. The van der Waals surface area contributed by atoms with Crippen LogP contribution in [0.1, 0.15) is 22.8 Å². The van der Waals surface area contributed by atoms with Crippen molar-refractivity contribution in [1.82, 2.24) is 0 Å². The quantitative estimate of drug-likeness (QED) is 0.891. The van der Waals surface area contributed by atoms with Crippen molar-refractivity contribution in [1.29, 1.82) is 0 Å². The molecule has 0 fully saturated rings. The maximum absolute atomic E-state index is 10.4. The molecule has 0 amide bonds. The number of hydrogen-bond acceptors (Lipinski definition) is 2. The Morgan fingerprint density at radius 2 is 2.15 bits per heavy atom. The first kappa shape index (κ1) is 13.9. The van der Waals surface area contributed by atoms with Gasteiger partial charge in [0.1, 0.15) is 5.75 Å². The molecule has 1 aliphatic heterocycles. The fourth-order valence-electron chi connectivity index (χ4n) is 2.54. The molecule has 0 saturated carbocycles. The minimum Gasteiger partial charge on any atom is -0.493 e. The van der Waals surface area contributed by atoms with Gasteiger partial charge in [-0.2, -0.15) is 0 Å². The van der Waals surface area contributed by atoms with Crippen LogP contribution >= 0.6 is 27.5 Å². The Morgan fingerprint density at radius 3 is 2.95 bits per heavy atom. The average molecular weight is 354 g/mol. The number of hydrogen-bond donors (Lipinski definition) is 1. The number of aliphatic hydroxyl groups is 1. The van der Waals surface area contributed by atoms with Gasteiger partial charge in [0.2, 0.25) is 0 Å². The van der Waals surface area contributed by atoms with Crippen LogP contribution in [0.3, 0.4) is 0 Å². The molecule has 1 aliphatic rings. The first-order valence-electron chi connectivity index (χ1n) is 6.51. The molecular formula is C16H14BrClO2. The first-order valence-corrected chi connectivity index (χ1v) is 7.68. The summed E-state index contributed by atoms with van der Waals surface area (Å²) >= 11 is 9.48. The predicted octanol–water partition coefficient (Wildman–Crippen LogP) is 4.31. The molecule has 0 radical (unpaired) electrons. The van der Waals surface area contributed by atoms with E-state index >= 15 is 0 Å². The minimum absolute atomic E-state index is 0.516. The molecule has 2 aromatic carbocycles. The van der Waals surface area contributed by atoms with Crippen molar-refractivity contribution in [2.24, 2.45) is 0 Å². The van der Waals surface area contributed by atoms with E-state index in [1.54, 1.807) is 12.1 Å². The Labute approximate surface area is 131 Å². The van der Waals surface area contributed by atoms with E-state index in [0.29, 0.717) is 18.1 Å². The third-order valence-corrected chi connectivity index (χ3v) is 4.16. The van der Waals surface area contributed by atoms with Crippen molar-refractivity contribution in [3.63, 3.8) is 0 Å². The average Bonchev–Trinajstić information content (AvgIpc) is 2.86. The van der Waals surface area contributed by atoms with Crippen LogP contribution in [0.25, 0.3) is 0 Å². The smallest absolute Gasteiger partial charge is 0.125 e. The summed E-state index contributed by atoms with van der Waals surface area (Å²) in [6, 6.07) is 11.4. The van der Waals surface area contributed by atoms with Gasteiger partial charge >= 0.3 is 0 Å². The predicted molar refractivity (Wildman–Crippen MR) is 83.5 cm³/mol. The molecule has 0 aromatic heterocycles. The second-order valence-corrected chi connectivity index (χ2v) is 6.28. The summed E-state index contributed by atoms with van der Waals surface area (Å²) in [5.74, 6) is 0.925. The maximum Gasteiger partial charge on any atom is 0.125 e. The van der Waals surface area contributed by atoms with Gasteiger partial charge in [0.05, 0.1) is 12.7 Å². The van der Waals surface area contributed by atoms with E-state index in [1.165, 1.54) is 5.56 Å². The van der Waals surface area contributed by atoms with E-state index in [4.69, 9.17) is 16.3 Å². The Bertz CT molecular complexity index is 642. The number of aliphatic hydroxyl groups excluding tert-OH is 1. The lowest BCUT2D eigenvalue weighted by atomic mass is 9.99. The van der Waals surface area contributed by atoms with Gasteiger partial charge in [-0.1, -0.05) is 39.7 Å². The zero-order valence-electron chi connectivity index (χ0n) is 10.8. The zero-order chi connectivity index (χ0) is 14.1. The van der Waals surface area contributed by atoms with Crippen LogP contribution in [0.15, 0.2) is 40.9 Å². The van der Waals surface area contributed by atoms with Gasteiger partial charge in [-0.15, -0.1) is 0 Å². The van der Waals surface area contributed by atoms with E-state index in [1.807, 2.05) is 18.2 Å². The van der Waals surface area contributed by atoms with Crippen molar-refractivity contribution < 1.29 is 9.84 Å². The number of halogens is 2. The van der Waals surface area contributed by atoms with Crippen LogP contribution in [-0.4, -0.2) is 11.7 Å². The number of benzene rings is 2. The normalized spacial score (nSPS) is 14.8. The van der Waals surface area contributed by atoms with Crippen LogP contribution in [0.2, 0.25) is 5.02 Å². The molecule has 1 N–H and O–H groups in total. The van der Waals surface area contributed by atoms with Crippen LogP contribution in [0.4, 0.5) is 0 Å². The highest BCUT2D eigenvalue weighted by atomic mass is 79.9. The highest BCUT2D eigenvalue weighted by molar-refractivity contribution is 9.10. The van der Waals surface area contributed by atoms with Gasteiger partial charge in [0, 0.05) is 22.3 Å². The monoisotopic (exact) mass is 352 g/mol. The molecule has 4 heteroatoms. The van der Waals surface area contributed by atoms with E-state index < -0.39 is 6.10 Å². The fraction of sp³-hybridized carbons (Fsp3) is 0.250. The van der Waals surface area contributed by atoms with Crippen LogP contribution in [0, 0.1) is 0 Å². The Morgan fingerprint density at radius 1 is 1.30 bits per heavy atom. The summed E-state index contributed by atoms with van der Waals surface area (Å²) in [4.78, 5) is 0. The maximum atomic E-state index is 10.4. The minimum atomic E-state index is -0.587. The topological polar surface area (TPSA) is 29.5 Å². The van der Waals surface area contributed by atoms with E-state index in [2.05, 4.69) is 22.0 Å². The van der Waals surface area contributed by atoms with Crippen LogP contribution in [0.5, 0.6) is 5.75 Å². The molecule has 20 heavy (non-hydrogen) atoms. The lowest BCUT2D eigenvalue weighted by Crippen LogP contribution is -2.03. The van der Waals surface area contributed by atoms with Gasteiger partial charge in [0.15, 0.2) is 0 Å². The summed E-state index contributed by atoms with van der Waals surface area (Å²) in [6.07, 6.45) is 0.855. The summed E-state index contributed by atoms with van der Waals surface area (Å²) < 4.78 is 6.71. The van der Waals surface area contributed by atoms with E-state index in [0.717, 1.165) is 27.8 Å². The number of fused-ring (bicyclic) bond motifs is 1. The molecule has 0 bridgehead atoms. The standard InChI is InChI=1S/C16H14BrClO2/c17-13-6-11-4-5-20-16(11)12(7-13)9-15(19)10-2-1-3-14(18)8-10/h1-3,6-8,15,19H,4-5,9H2. The molecule has 0 aliphatic carbocycles. The molecule has 1 unspecified atom stereocenters. The van der Waals surface area contributed by atoms with Gasteiger partial charge < -0.3 is 9.84 Å². The third-order valence-electron chi connectivity index (χ3n) is 3.47. The Hall–Kier alpha value is -1.03. The summed E-state index contributed by atoms with van der Waals surface area (Å²) in [5.41, 5.74) is 3.05. The van der Waals surface area contributed by atoms with E-state index in [-0.39, 0.29) is 0 Å². The second-order valence-electron chi connectivity index (χ2n) is 4.93. The molecular weight excluding hydrogens is 340 g/mol. The Kier molecular flexibility index (Phi) is 4.01. The largest absolute Gasteiger partial charge is 0.493 e. The molecule has 3 rings (SSSR count). The fourth-order valence-corrected chi connectivity index (χ4v) is 3.29. The van der Waals surface area contributed by atoms with Crippen molar-refractivity contribution in [3.05, 3.63) is 62.6 Å². The van der Waals surface area contributed by atoms with Crippen LogP contribution < -0.4 is 4.74 Å². The van der Waals surface area contributed by atoms with Crippen molar-refractivity contribution >= 4 is 27.5 Å². The summed E-state index contributed by atoms with van der Waals surface area (Å²) in [6.45, 7) is 0.714. The van der Waals surface area contributed by atoms with Crippen molar-refractivity contribution in [3.8, 4) is 5.75 Å². The summed E-state index contributed by atoms with van der Waals surface area (Å²) in [7, 11) is 0. The lowest BCUT2D eigenvalue weighted by Gasteiger charge is -2.14. The molecule has 2 aromatic rings. The molecule has 0 saturated heterocycles. The molecule has 2 nitrogen and oxygen atoms in total. The highest BCUT2D eigenvalue weighted by Gasteiger charge is 2.20. The zero-order valence-corrected chi connectivity index (χ0v) is 13.1. The third kappa shape index (κ3) is 2.85. The molecule has 0 spiro atoms.